The Kier molecular flexibility index (Phi) is 6.82. The van der Waals surface area contributed by atoms with E-state index in [1.807, 2.05) is 40.7 Å². The normalized spacial score (nSPS) is 30.2. The fraction of sp³-hybridized carbons (Fsp3) is 0.731. The molecule has 0 aromatic carbocycles. The smallest absolute Gasteiger partial charge is 0.256 e. The van der Waals surface area contributed by atoms with Gasteiger partial charge in [0.1, 0.15) is 11.4 Å². The average Bonchev–Trinajstić information content (AvgIpc) is 3.16. The lowest BCUT2D eigenvalue weighted by molar-refractivity contribution is -0.126. The Hall–Kier alpha value is -2.35. The van der Waals surface area contributed by atoms with Crippen LogP contribution in [0.3, 0.4) is 0 Å². The molecule has 5 rings (SSSR count). The Morgan fingerprint density at radius 2 is 1.94 bits per heavy atom. The molecule has 8 nitrogen and oxygen atoms in total. The summed E-state index contributed by atoms with van der Waals surface area (Å²) >= 11 is 0. The molecule has 0 aliphatic heterocycles. The van der Waals surface area contributed by atoms with Crippen LogP contribution in [-0.2, 0) is 4.79 Å². The zero-order valence-corrected chi connectivity index (χ0v) is 21.2. The maximum atomic E-state index is 13.5. The van der Waals surface area contributed by atoms with Crippen LogP contribution in [0.4, 0.5) is 5.82 Å². The van der Waals surface area contributed by atoms with E-state index in [2.05, 4.69) is 21.0 Å². The topological polar surface area (TPSA) is 108 Å². The van der Waals surface area contributed by atoms with Crippen molar-refractivity contribution in [2.24, 2.45) is 28.6 Å². The van der Waals surface area contributed by atoms with Gasteiger partial charge in [-0.15, -0.1) is 0 Å². The first-order valence-corrected chi connectivity index (χ1v) is 12.8. The molecule has 4 bridgehead atoms. The van der Waals surface area contributed by atoms with Gasteiger partial charge in [0.05, 0.1) is 11.6 Å². The highest BCUT2D eigenvalue weighted by molar-refractivity contribution is 5.99. The van der Waals surface area contributed by atoms with Gasteiger partial charge in [0.15, 0.2) is 0 Å². The number of nitrogens with one attached hydrogen (secondary N) is 3. The molecule has 2 atom stereocenters. The SMILES string of the molecule is CCNC(=O)C(C)(C)C=Cn1ncc(C(=O)NC2C3CC4CC2CC(CO)(C4)C3)c1NC(C)C. The molecule has 4 fully saturated rings. The van der Waals surface area contributed by atoms with E-state index in [-0.39, 0.29) is 35.9 Å². The largest absolute Gasteiger partial charge is 0.396 e. The molecule has 0 radical (unpaired) electrons. The maximum Gasteiger partial charge on any atom is 0.256 e. The molecule has 2 amide bonds. The van der Waals surface area contributed by atoms with Crippen molar-refractivity contribution in [3.05, 3.63) is 17.8 Å². The number of nitrogens with zero attached hydrogens (tertiary/aromatic N) is 2. The van der Waals surface area contributed by atoms with Crippen LogP contribution >= 0.6 is 0 Å². The molecule has 1 aromatic heterocycles. The second-order valence-electron chi connectivity index (χ2n) is 11.7. The van der Waals surface area contributed by atoms with Crippen molar-refractivity contribution in [3.8, 4) is 0 Å². The highest BCUT2D eigenvalue weighted by Crippen LogP contribution is 2.59. The summed E-state index contributed by atoms with van der Waals surface area (Å²) in [5.41, 5.74) is -0.114. The van der Waals surface area contributed by atoms with Crippen molar-refractivity contribution in [1.82, 2.24) is 20.4 Å². The number of hydrogen-bond acceptors (Lipinski definition) is 5. The second kappa shape index (κ2) is 9.36. The molecule has 4 aliphatic rings. The summed E-state index contributed by atoms with van der Waals surface area (Å²) in [6.07, 6.45) is 10.6. The number of hydrogen-bond donors (Lipinski definition) is 4. The van der Waals surface area contributed by atoms with Crippen LogP contribution in [-0.4, -0.2) is 51.9 Å². The summed E-state index contributed by atoms with van der Waals surface area (Å²) in [6, 6.07) is 0.267. The van der Waals surface area contributed by atoms with Crippen molar-refractivity contribution in [1.29, 1.82) is 0 Å². The van der Waals surface area contributed by atoms with Crippen LogP contribution in [0.2, 0.25) is 0 Å². The molecule has 4 saturated carbocycles. The first kappa shape index (κ1) is 24.8. The number of aromatic nitrogens is 2. The second-order valence-corrected chi connectivity index (χ2v) is 11.7. The molecule has 188 valence electrons. The lowest BCUT2D eigenvalue weighted by Gasteiger charge is -2.59. The van der Waals surface area contributed by atoms with Gasteiger partial charge >= 0.3 is 0 Å². The van der Waals surface area contributed by atoms with Crippen molar-refractivity contribution in [2.45, 2.75) is 78.8 Å². The van der Waals surface area contributed by atoms with Gasteiger partial charge in [0.25, 0.3) is 5.91 Å². The van der Waals surface area contributed by atoms with Gasteiger partial charge < -0.3 is 21.1 Å². The van der Waals surface area contributed by atoms with Gasteiger partial charge in [-0.2, -0.15) is 5.10 Å². The van der Waals surface area contributed by atoms with E-state index in [0.717, 1.165) is 32.1 Å². The fourth-order valence-corrected chi connectivity index (χ4v) is 6.63. The van der Waals surface area contributed by atoms with E-state index in [4.69, 9.17) is 0 Å². The highest BCUT2D eigenvalue weighted by Gasteiger charge is 2.55. The van der Waals surface area contributed by atoms with E-state index in [9.17, 15) is 14.7 Å². The zero-order valence-electron chi connectivity index (χ0n) is 21.2. The summed E-state index contributed by atoms with van der Waals surface area (Å²) in [5, 5.41) is 24.1. The fourth-order valence-electron chi connectivity index (χ4n) is 6.63. The Balaban J connectivity index is 1.53. The van der Waals surface area contributed by atoms with Crippen molar-refractivity contribution in [2.75, 3.05) is 18.5 Å². The Morgan fingerprint density at radius 1 is 1.26 bits per heavy atom. The van der Waals surface area contributed by atoms with Crippen LogP contribution in [0, 0.1) is 28.6 Å². The summed E-state index contributed by atoms with van der Waals surface area (Å²) < 4.78 is 1.65. The first-order chi connectivity index (χ1) is 16.1. The van der Waals surface area contributed by atoms with Crippen molar-refractivity contribution >= 4 is 23.8 Å². The van der Waals surface area contributed by atoms with Crippen LogP contribution in [0.15, 0.2) is 12.3 Å². The number of carbonyl (C=O) groups excluding carboxylic acids is 2. The van der Waals surface area contributed by atoms with Gasteiger partial charge in [-0.1, -0.05) is 6.08 Å². The number of aliphatic hydroxyl groups is 1. The molecule has 8 heteroatoms. The third-order valence-corrected chi connectivity index (χ3v) is 8.05. The molecule has 1 heterocycles. The van der Waals surface area contributed by atoms with Crippen molar-refractivity contribution in [3.63, 3.8) is 0 Å². The molecule has 0 spiro atoms. The van der Waals surface area contributed by atoms with Gasteiger partial charge in [0.2, 0.25) is 5.91 Å². The summed E-state index contributed by atoms with van der Waals surface area (Å²) in [5.74, 6) is 2.04. The van der Waals surface area contributed by atoms with E-state index < -0.39 is 5.41 Å². The van der Waals surface area contributed by atoms with E-state index >= 15 is 0 Å². The van der Waals surface area contributed by atoms with Crippen LogP contribution in [0.1, 0.15) is 77.1 Å². The lowest BCUT2D eigenvalue weighted by atomic mass is 9.48. The summed E-state index contributed by atoms with van der Waals surface area (Å²) in [7, 11) is 0. The number of anilines is 1. The Labute approximate surface area is 202 Å². The monoisotopic (exact) mass is 471 g/mol. The van der Waals surface area contributed by atoms with Gasteiger partial charge in [-0.3, -0.25) is 9.59 Å². The van der Waals surface area contributed by atoms with E-state index in [0.29, 0.717) is 35.7 Å². The molecule has 4 N–H and O–H groups in total. The van der Waals surface area contributed by atoms with Gasteiger partial charge in [-0.25, -0.2) is 4.68 Å². The molecule has 4 aliphatic carbocycles. The van der Waals surface area contributed by atoms with Gasteiger partial charge in [-0.05, 0) is 89.9 Å². The third kappa shape index (κ3) is 4.74. The lowest BCUT2D eigenvalue weighted by Crippen LogP contribution is -2.60. The Morgan fingerprint density at radius 3 is 2.53 bits per heavy atom. The minimum Gasteiger partial charge on any atom is -0.396 e. The van der Waals surface area contributed by atoms with E-state index in [1.165, 1.54) is 0 Å². The number of amides is 2. The molecule has 1 aromatic rings. The van der Waals surface area contributed by atoms with Crippen LogP contribution in [0.5, 0.6) is 0 Å². The predicted octanol–water partition coefficient (Wildman–Crippen LogP) is 3.25. The predicted molar refractivity (Wildman–Crippen MR) is 133 cm³/mol. The first-order valence-electron chi connectivity index (χ1n) is 12.8. The van der Waals surface area contributed by atoms with E-state index in [1.54, 1.807) is 17.1 Å². The standard InChI is InChI=1S/C26H41N5O3/c1-6-27-24(34)25(4,5)7-8-31-22(29-16(2)3)20(14-28-31)23(33)30-21-18-9-17-10-19(21)13-26(11-17,12-18)15-32/h7-8,14,16-19,21,29,32H,6,9-13,15H2,1-5H3,(H,27,34)(H,30,33). The molecule has 2 unspecified atom stereocenters. The quantitative estimate of drug-likeness (QED) is 0.442. The number of rotatable bonds is 9. The average molecular weight is 472 g/mol. The zero-order chi connectivity index (χ0) is 24.7. The molecular weight excluding hydrogens is 430 g/mol. The van der Waals surface area contributed by atoms with Gasteiger partial charge in [0, 0.05) is 31.4 Å². The summed E-state index contributed by atoms with van der Waals surface area (Å²) in [6.45, 7) is 10.5. The molecule has 0 saturated heterocycles. The van der Waals surface area contributed by atoms with Crippen molar-refractivity contribution < 1.29 is 14.7 Å². The number of carbonyl (C=O) groups is 2. The molecule has 34 heavy (non-hydrogen) atoms. The highest BCUT2D eigenvalue weighted by atomic mass is 16.3. The Bertz CT molecular complexity index is 934. The maximum absolute atomic E-state index is 13.5. The molecular formula is C26H41N5O3. The minimum absolute atomic E-state index is 0.0581. The number of aliphatic hydroxyl groups excluding tert-OH is 1. The van der Waals surface area contributed by atoms with Crippen LogP contribution in [0.25, 0.3) is 6.20 Å². The minimum atomic E-state index is -0.706. The summed E-state index contributed by atoms with van der Waals surface area (Å²) in [4.78, 5) is 25.8. The third-order valence-electron chi connectivity index (χ3n) is 8.05. The van der Waals surface area contributed by atoms with Crippen LogP contribution < -0.4 is 16.0 Å².